The summed E-state index contributed by atoms with van der Waals surface area (Å²) in [6, 6.07) is 14.5. The average Bonchev–Trinajstić information content (AvgIpc) is 2.65. The first kappa shape index (κ1) is 20.5. The molecule has 0 bridgehead atoms. The molecule has 2 rings (SSSR count). The second-order valence-electron chi connectivity index (χ2n) is 6.68. The lowest BCUT2D eigenvalue weighted by atomic mass is 9.78. The number of carboxylic acids is 1. The van der Waals surface area contributed by atoms with Gasteiger partial charge in [0.15, 0.2) is 5.75 Å². The maximum atomic E-state index is 10.6. The molecule has 0 saturated carbocycles. The van der Waals surface area contributed by atoms with Crippen molar-refractivity contribution >= 4 is 5.97 Å². The summed E-state index contributed by atoms with van der Waals surface area (Å²) in [5.41, 5.74) is 2.05. The van der Waals surface area contributed by atoms with Crippen LogP contribution in [0.15, 0.2) is 60.7 Å². The molecule has 0 radical (unpaired) electrons. The van der Waals surface area contributed by atoms with Gasteiger partial charge in [-0.1, -0.05) is 44.7 Å². The Labute approximate surface area is 158 Å². The predicted octanol–water partition coefficient (Wildman–Crippen LogP) is 4.38. The topological polar surface area (TPSA) is 85.2 Å². The van der Waals surface area contributed by atoms with Crippen LogP contribution in [-0.4, -0.2) is 22.8 Å². The molecule has 2 aromatic rings. The van der Waals surface area contributed by atoms with E-state index in [2.05, 4.69) is 25.5 Å². The maximum absolute atomic E-state index is 10.6. The number of aliphatic carboxylic acids is 1. The fourth-order valence-corrected chi connectivity index (χ4v) is 2.52. The van der Waals surface area contributed by atoms with Crippen molar-refractivity contribution in [3.63, 3.8) is 0 Å². The normalized spacial score (nSPS) is 11.2. The van der Waals surface area contributed by atoms with Crippen LogP contribution in [0, 0.1) is 0 Å². The van der Waals surface area contributed by atoms with Gasteiger partial charge < -0.3 is 15.1 Å². The van der Waals surface area contributed by atoms with Gasteiger partial charge in [-0.15, -0.1) is 0 Å². The SMILES string of the molecule is C=C(CCCOOOc1ccc(C(C)(C)c2ccc(O)cc2)cc1)C(=O)O. The lowest BCUT2D eigenvalue weighted by Crippen LogP contribution is -2.18. The minimum Gasteiger partial charge on any atom is -0.508 e. The van der Waals surface area contributed by atoms with Crippen LogP contribution in [-0.2, 0) is 20.1 Å². The van der Waals surface area contributed by atoms with Gasteiger partial charge in [0.05, 0.1) is 6.61 Å². The molecule has 2 N–H and O–H groups in total. The highest BCUT2D eigenvalue weighted by Crippen LogP contribution is 2.33. The molecule has 0 aromatic heterocycles. The second-order valence-corrected chi connectivity index (χ2v) is 6.68. The van der Waals surface area contributed by atoms with Gasteiger partial charge in [0.2, 0.25) is 0 Å². The van der Waals surface area contributed by atoms with Crippen molar-refractivity contribution in [1.29, 1.82) is 0 Å². The van der Waals surface area contributed by atoms with Crippen LogP contribution in [0.1, 0.15) is 37.8 Å². The van der Waals surface area contributed by atoms with Crippen LogP contribution in [0.25, 0.3) is 0 Å². The van der Waals surface area contributed by atoms with Crippen molar-refractivity contribution in [1.82, 2.24) is 0 Å². The van der Waals surface area contributed by atoms with E-state index in [1.54, 1.807) is 24.3 Å². The van der Waals surface area contributed by atoms with Gasteiger partial charge in [0, 0.05) is 11.0 Å². The van der Waals surface area contributed by atoms with Gasteiger partial charge in [0.25, 0.3) is 0 Å². The molecule has 6 nitrogen and oxygen atoms in total. The first-order valence-electron chi connectivity index (χ1n) is 8.58. The van der Waals surface area contributed by atoms with E-state index in [1.807, 2.05) is 24.3 Å². The van der Waals surface area contributed by atoms with E-state index in [1.165, 1.54) is 0 Å². The Morgan fingerprint density at radius 1 is 1.04 bits per heavy atom. The molecule has 0 amide bonds. The van der Waals surface area contributed by atoms with Crippen LogP contribution in [0.3, 0.4) is 0 Å². The number of carbonyl (C=O) groups is 1. The van der Waals surface area contributed by atoms with Gasteiger partial charge in [-0.2, -0.15) is 4.89 Å². The van der Waals surface area contributed by atoms with Crippen molar-refractivity contribution in [3.8, 4) is 11.5 Å². The van der Waals surface area contributed by atoms with Crippen LogP contribution >= 0.6 is 0 Å². The Hall–Kier alpha value is -2.83. The lowest BCUT2D eigenvalue weighted by Gasteiger charge is -2.26. The summed E-state index contributed by atoms with van der Waals surface area (Å²) in [7, 11) is 0. The summed E-state index contributed by atoms with van der Waals surface area (Å²) in [6.07, 6.45) is 0.786. The molecular formula is C21H24O6. The Bertz CT molecular complexity index is 762. The van der Waals surface area contributed by atoms with Crippen molar-refractivity contribution < 1.29 is 29.8 Å². The number of benzene rings is 2. The second kappa shape index (κ2) is 9.21. The molecule has 2 aromatic carbocycles. The third-order valence-corrected chi connectivity index (χ3v) is 4.35. The zero-order chi connectivity index (χ0) is 19.9. The highest BCUT2D eigenvalue weighted by molar-refractivity contribution is 5.85. The number of phenolic OH excluding ortho intramolecular Hbond substituents is 1. The molecule has 0 fully saturated rings. The molecule has 0 aliphatic carbocycles. The third-order valence-electron chi connectivity index (χ3n) is 4.35. The van der Waals surface area contributed by atoms with E-state index in [0.717, 1.165) is 11.1 Å². The fourth-order valence-electron chi connectivity index (χ4n) is 2.52. The van der Waals surface area contributed by atoms with E-state index < -0.39 is 5.97 Å². The van der Waals surface area contributed by atoms with Gasteiger partial charge in [-0.25, -0.2) is 4.79 Å². The molecule has 0 heterocycles. The number of rotatable bonds is 10. The van der Waals surface area contributed by atoms with Crippen molar-refractivity contribution in [2.75, 3.05) is 6.61 Å². The molecule has 144 valence electrons. The molecular weight excluding hydrogens is 348 g/mol. The molecule has 0 aliphatic rings. The summed E-state index contributed by atoms with van der Waals surface area (Å²) in [4.78, 5) is 20.5. The van der Waals surface area contributed by atoms with Crippen LogP contribution in [0.4, 0.5) is 0 Å². The van der Waals surface area contributed by atoms with Crippen LogP contribution in [0.2, 0.25) is 0 Å². The van der Waals surface area contributed by atoms with Crippen molar-refractivity contribution in [3.05, 3.63) is 71.8 Å². The number of phenols is 1. The Morgan fingerprint density at radius 2 is 1.59 bits per heavy atom. The van der Waals surface area contributed by atoms with E-state index in [4.69, 9.17) is 14.9 Å². The van der Waals surface area contributed by atoms with E-state index in [-0.39, 0.29) is 23.3 Å². The Kier molecular flexibility index (Phi) is 6.98. The van der Waals surface area contributed by atoms with E-state index in [0.29, 0.717) is 18.6 Å². The van der Waals surface area contributed by atoms with Crippen LogP contribution < -0.4 is 4.89 Å². The number of hydrogen-bond donors (Lipinski definition) is 2. The van der Waals surface area contributed by atoms with Crippen LogP contribution in [0.5, 0.6) is 11.5 Å². The monoisotopic (exact) mass is 372 g/mol. The highest BCUT2D eigenvalue weighted by atomic mass is 17.5. The van der Waals surface area contributed by atoms with E-state index in [9.17, 15) is 9.90 Å². The molecule has 0 unspecified atom stereocenters. The van der Waals surface area contributed by atoms with Crippen molar-refractivity contribution in [2.45, 2.75) is 32.1 Å². The predicted molar refractivity (Wildman–Crippen MR) is 100 cm³/mol. The third kappa shape index (κ3) is 5.84. The fraction of sp³-hybridized carbons (Fsp3) is 0.286. The quantitative estimate of drug-likeness (QED) is 0.279. The highest BCUT2D eigenvalue weighted by Gasteiger charge is 2.23. The number of hydrogen-bond acceptors (Lipinski definition) is 5. The smallest absolute Gasteiger partial charge is 0.330 e. The standard InChI is InChI=1S/C21H24O6/c1-15(20(23)24)5-4-14-25-27-26-19-12-8-17(9-13-19)21(2,3)16-6-10-18(22)11-7-16/h6-13,22H,1,4-5,14H2,2-3H3,(H,23,24). The molecule has 0 aliphatic heterocycles. The summed E-state index contributed by atoms with van der Waals surface area (Å²) in [5.74, 6) is -0.291. The Balaban J connectivity index is 1.82. The van der Waals surface area contributed by atoms with Gasteiger partial charge >= 0.3 is 5.97 Å². The molecule has 6 heteroatoms. The zero-order valence-corrected chi connectivity index (χ0v) is 15.5. The first-order valence-corrected chi connectivity index (χ1v) is 8.58. The summed E-state index contributed by atoms with van der Waals surface area (Å²) >= 11 is 0. The van der Waals surface area contributed by atoms with Gasteiger partial charge in [0.1, 0.15) is 5.75 Å². The number of carboxylic acid groups (broad SMARTS) is 1. The Morgan fingerprint density at radius 3 is 2.15 bits per heavy atom. The van der Waals surface area contributed by atoms with Gasteiger partial charge in [-0.3, -0.25) is 0 Å². The summed E-state index contributed by atoms with van der Waals surface area (Å²) in [5, 5.41) is 22.8. The largest absolute Gasteiger partial charge is 0.508 e. The zero-order valence-electron chi connectivity index (χ0n) is 15.5. The first-order chi connectivity index (χ1) is 12.8. The molecule has 0 spiro atoms. The maximum Gasteiger partial charge on any atom is 0.330 e. The van der Waals surface area contributed by atoms with E-state index >= 15 is 0 Å². The summed E-state index contributed by atoms with van der Waals surface area (Å²) < 4.78 is 0. The average molecular weight is 372 g/mol. The lowest BCUT2D eigenvalue weighted by molar-refractivity contribution is -0.466. The minimum absolute atomic E-state index is 0.131. The van der Waals surface area contributed by atoms with Gasteiger partial charge in [-0.05, 0) is 53.3 Å². The van der Waals surface area contributed by atoms with Crippen molar-refractivity contribution in [2.24, 2.45) is 0 Å². The molecule has 27 heavy (non-hydrogen) atoms. The molecule has 0 saturated heterocycles. The molecule has 0 atom stereocenters. The summed E-state index contributed by atoms with van der Waals surface area (Å²) in [6.45, 7) is 7.82. The number of aromatic hydroxyl groups is 1. The minimum atomic E-state index is -1.01.